The summed E-state index contributed by atoms with van der Waals surface area (Å²) < 4.78 is 3.19. The van der Waals surface area contributed by atoms with Crippen LogP contribution in [0.25, 0.3) is 11.1 Å². The lowest BCUT2D eigenvalue weighted by molar-refractivity contribution is -0.131. The smallest absolute Gasteiger partial charge is 0.237 e. The predicted octanol–water partition coefficient (Wildman–Crippen LogP) is 4.84. The van der Waals surface area contributed by atoms with Gasteiger partial charge in [0.05, 0.1) is 6.54 Å². The third kappa shape index (κ3) is 5.88. The molecule has 150 valence electrons. The van der Waals surface area contributed by atoms with Gasteiger partial charge >= 0.3 is 0 Å². The number of nitrogens with two attached hydrogens (primary N) is 1. The van der Waals surface area contributed by atoms with Gasteiger partial charge in [-0.1, -0.05) is 41.4 Å². The monoisotopic (exact) mass is 437 g/mol. The number of nitrogens with one attached hydrogen (secondary N) is 1. The highest BCUT2D eigenvalue weighted by Crippen LogP contribution is 2.32. The fraction of sp³-hybridized carbons (Fsp3) is 0.381. The average molecular weight is 438 g/mol. The normalized spacial score (nSPS) is 15.0. The Bertz CT molecular complexity index is 810. The fourth-order valence-electron chi connectivity index (χ4n) is 3.45. The summed E-state index contributed by atoms with van der Waals surface area (Å²) in [7, 11) is 0. The van der Waals surface area contributed by atoms with Crippen molar-refractivity contribution >= 4 is 41.1 Å². The van der Waals surface area contributed by atoms with Gasteiger partial charge in [-0.2, -0.15) is 0 Å². The van der Waals surface area contributed by atoms with Crippen molar-refractivity contribution in [1.82, 2.24) is 9.62 Å². The van der Waals surface area contributed by atoms with Crippen LogP contribution in [0.4, 0.5) is 0 Å². The van der Waals surface area contributed by atoms with Crippen LogP contribution in [0.15, 0.2) is 47.4 Å². The van der Waals surface area contributed by atoms with Crippen LogP contribution in [0, 0.1) is 5.92 Å². The summed E-state index contributed by atoms with van der Waals surface area (Å²) in [6.07, 6.45) is 3.17. The summed E-state index contributed by atoms with van der Waals surface area (Å²) in [6, 6.07) is 13.5. The van der Waals surface area contributed by atoms with Crippen LogP contribution in [-0.4, -0.2) is 37.0 Å². The number of nitrogens with zero attached hydrogens (tertiary/aromatic N) is 1. The van der Waals surface area contributed by atoms with Crippen LogP contribution in [0.2, 0.25) is 10.0 Å². The molecule has 0 unspecified atom stereocenters. The van der Waals surface area contributed by atoms with Crippen molar-refractivity contribution in [2.24, 2.45) is 11.7 Å². The molecule has 4 nitrogen and oxygen atoms in total. The van der Waals surface area contributed by atoms with E-state index < -0.39 is 0 Å². The first-order valence-corrected chi connectivity index (χ1v) is 11.1. The Morgan fingerprint density at radius 3 is 2.68 bits per heavy atom. The lowest BCUT2D eigenvalue weighted by atomic mass is 9.93. The third-order valence-corrected chi connectivity index (χ3v) is 6.36. The van der Waals surface area contributed by atoms with Crippen molar-refractivity contribution in [1.29, 1.82) is 0 Å². The van der Waals surface area contributed by atoms with Gasteiger partial charge in [-0.25, -0.2) is 0 Å². The number of benzene rings is 2. The molecule has 7 heteroatoms. The number of halogens is 2. The molecule has 3 rings (SSSR count). The molecule has 3 N–H and O–H groups in total. The van der Waals surface area contributed by atoms with Gasteiger partial charge in [0, 0.05) is 33.6 Å². The summed E-state index contributed by atoms with van der Waals surface area (Å²) in [5.41, 5.74) is 7.58. The Morgan fingerprint density at radius 1 is 1.18 bits per heavy atom. The zero-order chi connectivity index (χ0) is 19.9. The number of piperidine rings is 1. The second-order valence-corrected chi connectivity index (χ2v) is 8.78. The first kappa shape index (κ1) is 21.5. The Kier molecular flexibility index (Phi) is 8.06. The van der Waals surface area contributed by atoms with Gasteiger partial charge in [0.1, 0.15) is 0 Å². The van der Waals surface area contributed by atoms with Gasteiger partial charge in [0.15, 0.2) is 0 Å². The van der Waals surface area contributed by atoms with E-state index in [0.29, 0.717) is 22.5 Å². The van der Waals surface area contributed by atoms with E-state index in [1.807, 2.05) is 35.2 Å². The number of carbonyl (C=O) groups is 1. The van der Waals surface area contributed by atoms with Gasteiger partial charge in [-0.15, -0.1) is 0 Å². The van der Waals surface area contributed by atoms with Crippen LogP contribution in [0.3, 0.4) is 0 Å². The van der Waals surface area contributed by atoms with E-state index >= 15 is 0 Å². The number of hydrogen-bond donors (Lipinski definition) is 2. The minimum atomic E-state index is 0.149. The van der Waals surface area contributed by atoms with Crippen molar-refractivity contribution in [3.63, 3.8) is 0 Å². The van der Waals surface area contributed by atoms with E-state index in [2.05, 4.69) is 10.8 Å². The SMILES string of the molecule is NCCC1CCN(C(=O)CNSc2cccc(-c3ccc(Cl)cc3Cl)c2)CC1. The summed E-state index contributed by atoms with van der Waals surface area (Å²) in [6.45, 7) is 2.72. The zero-order valence-corrected chi connectivity index (χ0v) is 18.0. The maximum atomic E-state index is 12.4. The molecular weight excluding hydrogens is 413 g/mol. The van der Waals surface area contributed by atoms with Gasteiger partial charge in [0.25, 0.3) is 0 Å². The molecular formula is C21H25Cl2N3OS. The molecule has 1 heterocycles. The molecule has 0 saturated carbocycles. The Morgan fingerprint density at radius 2 is 1.96 bits per heavy atom. The second kappa shape index (κ2) is 10.5. The molecule has 2 aromatic carbocycles. The van der Waals surface area contributed by atoms with Crippen molar-refractivity contribution in [3.05, 3.63) is 52.5 Å². The minimum absolute atomic E-state index is 0.149. The van der Waals surface area contributed by atoms with Crippen molar-refractivity contribution in [2.45, 2.75) is 24.2 Å². The molecule has 1 aliphatic heterocycles. The molecule has 1 saturated heterocycles. The second-order valence-electron chi connectivity index (χ2n) is 6.98. The Hall–Kier alpha value is -1.24. The maximum Gasteiger partial charge on any atom is 0.237 e. The van der Waals surface area contributed by atoms with Gasteiger partial charge in [-0.05, 0) is 73.5 Å². The summed E-state index contributed by atoms with van der Waals surface area (Å²) >= 11 is 13.8. The molecule has 1 fully saturated rings. The van der Waals surface area contributed by atoms with E-state index in [9.17, 15) is 4.79 Å². The standard InChI is InChI=1S/C21H25Cl2N3OS/c22-17-4-5-19(20(23)13-17)16-2-1-3-18(12-16)28-25-14-21(27)26-10-7-15(6-9-24)8-11-26/h1-5,12-13,15,25H,6-11,14,24H2. The third-order valence-electron chi connectivity index (χ3n) is 5.03. The Labute approximate surface area is 180 Å². The number of hydrogen-bond acceptors (Lipinski definition) is 4. The highest BCUT2D eigenvalue weighted by atomic mass is 35.5. The molecule has 2 aromatic rings. The van der Waals surface area contributed by atoms with E-state index in [1.165, 1.54) is 11.9 Å². The lowest BCUT2D eigenvalue weighted by Crippen LogP contribution is -2.42. The van der Waals surface area contributed by atoms with Gasteiger partial charge < -0.3 is 10.6 Å². The van der Waals surface area contributed by atoms with Gasteiger partial charge in [-0.3, -0.25) is 9.52 Å². The quantitative estimate of drug-likeness (QED) is 0.607. The summed E-state index contributed by atoms with van der Waals surface area (Å²) in [4.78, 5) is 15.4. The van der Waals surface area contributed by atoms with Crippen molar-refractivity contribution < 1.29 is 4.79 Å². The highest BCUT2D eigenvalue weighted by Gasteiger charge is 2.21. The molecule has 0 radical (unpaired) electrons. The predicted molar refractivity (Wildman–Crippen MR) is 119 cm³/mol. The molecule has 28 heavy (non-hydrogen) atoms. The average Bonchev–Trinajstić information content (AvgIpc) is 2.69. The molecule has 0 aliphatic carbocycles. The molecule has 0 aromatic heterocycles. The topological polar surface area (TPSA) is 58.4 Å². The van der Waals surface area contributed by atoms with Crippen LogP contribution < -0.4 is 10.5 Å². The number of carbonyl (C=O) groups excluding carboxylic acids is 1. The summed E-state index contributed by atoms with van der Waals surface area (Å²) in [5, 5.41) is 1.24. The van der Waals surface area contributed by atoms with E-state index in [4.69, 9.17) is 28.9 Å². The van der Waals surface area contributed by atoms with E-state index in [1.54, 1.807) is 6.07 Å². The van der Waals surface area contributed by atoms with Crippen molar-refractivity contribution in [2.75, 3.05) is 26.2 Å². The highest BCUT2D eigenvalue weighted by molar-refractivity contribution is 7.97. The number of amides is 1. The Balaban J connectivity index is 1.51. The molecule has 0 atom stereocenters. The maximum absolute atomic E-state index is 12.4. The minimum Gasteiger partial charge on any atom is -0.342 e. The molecule has 0 bridgehead atoms. The van der Waals surface area contributed by atoms with Crippen LogP contribution in [-0.2, 0) is 4.79 Å². The first-order chi connectivity index (χ1) is 13.6. The van der Waals surface area contributed by atoms with Gasteiger partial charge in [0.2, 0.25) is 5.91 Å². The van der Waals surface area contributed by atoms with E-state index in [-0.39, 0.29) is 5.91 Å². The van der Waals surface area contributed by atoms with Crippen LogP contribution >= 0.6 is 35.1 Å². The first-order valence-electron chi connectivity index (χ1n) is 9.50. The van der Waals surface area contributed by atoms with Crippen LogP contribution in [0.1, 0.15) is 19.3 Å². The largest absolute Gasteiger partial charge is 0.342 e. The molecule has 0 spiro atoms. The zero-order valence-electron chi connectivity index (χ0n) is 15.7. The van der Waals surface area contributed by atoms with Crippen LogP contribution in [0.5, 0.6) is 0 Å². The lowest BCUT2D eigenvalue weighted by Gasteiger charge is -2.31. The number of likely N-dealkylation sites (tertiary alicyclic amines) is 1. The fourth-order valence-corrected chi connectivity index (χ4v) is 4.66. The van der Waals surface area contributed by atoms with Crippen molar-refractivity contribution in [3.8, 4) is 11.1 Å². The molecule has 1 aliphatic rings. The summed E-state index contributed by atoms with van der Waals surface area (Å²) in [5.74, 6) is 0.814. The molecule has 1 amide bonds. The number of rotatable bonds is 7. The van der Waals surface area contributed by atoms with E-state index in [0.717, 1.165) is 54.9 Å².